The van der Waals surface area contributed by atoms with Crippen LogP contribution in [-0.2, 0) is 6.54 Å². The molecule has 0 bridgehead atoms. The van der Waals surface area contributed by atoms with Crippen LogP contribution < -0.4 is 10.2 Å². The van der Waals surface area contributed by atoms with Gasteiger partial charge in [-0.2, -0.15) is 0 Å². The van der Waals surface area contributed by atoms with Crippen LogP contribution >= 0.6 is 15.9 Å². The van der Waals surface area contributed by atoms with E-state index in [1.165, 1.54) is 11.3 Å². The fourth-order valence-electron chi connectivity index (χ4n) is 2.63. The van der Waals surface area contributed by atoms with Gasteiger partial charge in [-0.1, -0.05) is 43.6 Å². The van der Waals surface area contributed by atoms with Gasteiger partial charge >= 0.3 is 0 Å². The first-order valence-corrected chi connectivity index (χ1v) is 8.72. The van der Waals surface area contributed by atoms with E-state index in [2.05, 4.69) is 72.0 Å². The second kappa shape index (κ2) is 9.44. The number of nitrogens with zero attached hydrogens (tertiary/aromatic N) is 1. The van der Waals surface area contributed by atoms with E-state index in [1.807, 2.05) is 0 Å². The van der Waals surface area contributed by atoms with Crippen molar-refractivity contribution in [3.05, 3.63) is 28.2 Å². The van der Waals surface area contributed by atoms with Gasteiger partial charge in [-0.25, -0.2) is 0 Å². The number of anilines is 1. The minimum absolute atomic E-state index is 0.184. The molecule has 0 aliphatic rings. The molecule has 0 radical (unpaired) electrons. The lowest BCUT2D eigenvalue weighted by Gasteiger charge is -2.34. The second-order valence-electron chi connectivity index (χ2n) is 5.70. The van der Waals surface area contributed by atoms with E-state index in [9.17, 15) is 5.11 Å². The smallest absolute Gasteiger partial charge is 0.0606 e. The Bertz CT molecular complexity index is 419. The van der Waals surface area contributed by atoms with Crippen LogP contribution in [-0.4, -0.2) is 30.3 Å². The van der Waals surface area contributed by atoms with Gasteiger partial charge in [-0.05, 0) is 36.6 Å². The molecule has 0 aliphatic carbocycles. The highest BCUT2D eigenvalue weighted by molar-refractivity contribution is 9.10. The predicted octanol–water partition coefficient (Wildman–Crippen LogP) is 3.93. The number of rotatable bonds is 9. The summed E-state index contributed by atoms with van der Waals surface area (Å²) in [5.41, 5.74) is 2.51. The number of hydrogen-bond donors (Lipinski definition) is 2. The standard InChI is InChI=1S/C17H29BrN2O/c1-5-16(6-2)20(9-10-21)17-8-7-15(18)11-14(17)12-19-13(3)4/h7-8,11,13,16,19,21H,5-6,9-10,12H2,1-4H3. The number of nitrogens with one attached hydrogen (secondary N) is 1. The van der Waals surface area contributed by atoms with Gasteiger partial charge in [0.2, 0.25) is 0 Å². The van der Waals surface area contributed by atoms with Crippen molar-refractivity contribution in [1.82, 2.24) is 5.32 Å². The van der Waals surface area contributed by atoms with Crippen molar-refractivity contribution >= 4 is 21.6 Å². The molecule has 4 heteroatoms. The highest BCUT2D eigenvalue weighted by Gasteiger charge is 2.18. The van der Waals surface area contributed by atoms with Crippen LogP contribution in [0.2, 0.25) is 0 Å². The first-order valence-electron chi connectivity index (χ1n) is 7.92. The van der Waals surface area contributed by atoms with E-state index >= 15 is 0 Å². The molecule has 0 saturated carbocycles. The summed E-state index contributed by atoms with van der Waals surface area (Å²) in [5.74, 6) is 0. The lowest BCUT2D eigenvalue weighted by atomic mass is 10.1. The molecule has 21 heavy (non-hydrogen) atoms. The molecule has 1 aromatic carbocycles. The molecule has 3 nitrogen and oxygen atoms in total. The Hall–Kier alpha value is -0.580. The zero-order valence-corrected chi connectivity index (χ0v) is 15.3. The van der Waals surface area contributed by atoms with Crippen molar-refractivity contribution in [2.45, 2.75) is 59.2 Å². The fourth-order valence-corrected chi connectivity index (χ4v) is 3.04. The molecule has 0 saturated heterocycles. The number of benzene rings is 1. The van der Waals surface area contributed by atoms with Crippen molar-refractivity contribution in [2.24, 2.45) is 0 Å². The molecule has 0 heterocycles. The van der Waals surface area contributed by atoms with Gasteiger partial charge in [0, 0.05) is 35.3 Å². The summed E-state index contributed by atoms with van der Waals surface area (Å²) >= 11 is 3.57. The van der Waals surface area contributed by atoms with E-state index in [1.54, 1.807) is 0 Å². The topological polar surface area (TPSA) is 35.5 Å². The van der Waals surface area contributed by atoms with Crippen LogP contribution in [0.15, 0.2) is 22.7 Å². The van der Waals surface area contributed by atoms with Gasteiger partial charge < -0.3 is 15.3 Å². The Balaban J connectivity index is 3.10. The average Bonchev–Trinajstić information content (AvgIpc) is 2.45. The van der Waals surface area contributed by atoms with Gasteiger partial charge in [-0.15, -0.1) is 0 Å². The molecule has 0 spiro atoms. The number of aliphatic hydroxyl groups excluding tert-OH is 1. The number of hydrogen-bond acceptors (Lipinski definition) is 3. The maximum absolute atomic E-state index is 9.43. The van der Waals surface area contributed by atoms with E-state index in [-0.39, 0.29) is 6.61 Å². The van der Waals surface area contributed by atoms with Crippen LogP contribution in [0.3, 0.4) is 0 Å². The molecule has 2 N–H and O–H groups in total. The first-order chi connectivity index (χ1) is 10.0. The number of aliphatic hydroxyl groups is 1. The van der Waals surface area contributed by atoms with Crippen molar-refractivity contribution in [3.8, 4) is 0 Å². The Morgan fingerprint density at radius 2 is 1.90 bits per heavy atom. The Labute approximate surface area is 137 Å². The van der Waals surface area contributed by atoms with Crippen molar-refractivity contribution in [3.63, 3.8) is 0 Å². The fraction of sp³-hybridized carbons (Fsp3) is 0.647. The zero-order chi connectivity index (χ0) is 15.8. The average molecular weight is 357 g/mol. The van der Waals surface area contributed by atoms with Crippen LogP contribution in [0.5, 0.6) is 0 Å². The Kier molecular flexibility index (Phi) is 8.30. The molecular weight excluding hydrogens is 328 g/mol. The van der Waals surface area contributed by atoms with E-state index < -0.39 is 0 Å². The molecule has 0 atom stereocenters. The highest BCUT2D eigenvalue weighted by atomic mass is 79.9. The summed E-state index contributed by atoms with van der Waals surface area (Å²) in [6.07, 6.45) is 2.17. The summed E-state index contributed by atoms with van der Waals surface area (Å²) in [6, 6.07) is 7.35. The normalized spacial score (nSPS) is 11.4. The maximum Gasteiger partial charge on any atom is 0.0606 e. The van der Waals surface area contributed by atoms with Crippen LogP contribution in [0.1, 0.15) is 46.1 Å². The van der Waals surface area contributed by atoms with Crippen LogP contribution in [0.25, 0.3) is 0 Å². The van der Waals surface area contributed by atoms with E-state index in [0.717, 1.165) is 23.9 Å². The largest absolute Gasteiger partial charge is 0.395 e. The van der Waals surface area contributed by atoms with Gasteiger partial charge in [0.15, 0.2) is 0 Å². The third-order valence-corrected chi connectivity index (χ3v) is 4.27. The quantitative estimate of drug-likeness (QED) is 0.703. The third kappa shape index (κ3) is 5.61. The summed E-state index contributed by atoms with van der Waals surface area (Å²) < 4.78 is 1.10. The molecule has 1 aromatic rings. The monoisotopic (exact) mass is 356 g/mol. The minimum atomic E-state index is 0.184. The number of halogens is 1. The minimum Gasteiger partial charge on any atom is -0.395 e. The highest BCUT2D eigenvalue weighted by Crippen LogP contribution is 2.28. The SMILES string of the molecule is CCC(CC)N(CCO)c1ccc(Br)cc1CNC(C)C. The summed E-state index contributed by atoms with van der Waals surface area (Å²) in [7, 11) is 0. The molecule has 0 aliphatic heterocycles. The molecule has 120 valence electrons. The van der Waals surface area contributed by atoms with E-state index in [4.69, 9.17) is 0 Å². The summed E-state index contributed by atoms with van der Waals surface area (Å²) in [5, 5.41) is 12.9. The lowest BCUT2D eigenvalue weighted by molar-refractivity contribution is 0.296. The molecular formula is C17H29BrN2O. The van der Waals surface area contributed by atoms with Crippen LogP contribution in [0, 0.1) is 0 Å². The van der Waals surface area contributed by atoms with Crippen LogP contribution in [0.4, 0.5) is 5.69 Å². The van der Waals surface area contributed by atoms with Gasteiger partial charge in [0.1, 0.15) is 0 Å². The van der Waals surface area contributed by atoms with E-state index in [0.29, 0.717) is 18.6 Å². The Morgan fingerprint density at radius 1 is 1.24 bits per heavy atom. The first kappa shape index (κ1) is 18.5. The molecule has 0 unspecified atom stereocenters. The third-order valence-electron chi connectivity index (χ3n) is 3.78. The zero-order valence-electron chi connectivity index (χ0n) is 13.7. The summed E-state index contributed by atoms with van der Waals surface area (Å²) in [6.45, 7) is 10.4. The van der Waals surface area contributed by atoms with Crippen molar-refractivity contribution < 1.29 is 5.11 Å². The lowest BCUT2D eigenvalue weighted by Crippen LogP contribution is -2.38. The molecule has 0 fully saturated rings. The van der Waals surface area contributed by atoms with Gasteiger partial charge in [-0.3, -0.25) is 0 Å². The summed E-state index contributed by atoms with van der Waals surface area (Å²) in [4.78, 5) is 2.35. The van der Waals surface area contributed by atoms with Gasteiger partial charge in [0.05, 0.1) is 6.61 Å². The van der Waals surface area contributed by atoms with Gasteiger partial charge in [0.25, 0.3) is 0 Å². The van der Waals surface area contributed by atoms with Crippen molar-refractivity contribution in [1.29, 1.82) is 0 Å². The Morgan fingerprint density at radius 3 is 2.43 bits per heavy atom. The second-order valence-corrected chi connectivity index (χ2v) is 6.61. The van der Waals surface area contributed by atoms with Crippen molar-refractivity contribution in [2.75, 3.05) is 18.1 Å². The molecule has 0 amide bonds. The molecule has 0 aromatic heterocycles. The maximum atomic E-state index is 9.43. The molecule has 1 rings (SSSR count). The predicted molar refractivity (Wildman–Crippen MR) is 94.9 cm³/mol.